The highest BCUT2D eigenvalue weighted by Gasteiger charge is 2.14. The first kappa shape index (κ1) is 14.5. The van der Waals surface area contributed by atoms with E-state index in [9.17, 15) is 4.39 Å². The Morgan fingerprint density at radius 3 is 2.68 bits per heavy atom. The summed E-state index contributed by atoms with van der Waals surface area (Å²) >= 11 is 3.40. The Hall–Kier alpha value is -0.940. The van der Waals surface area contributed by atoms with Gasteiger partial charge in [0.15, 0.2) is 0 Å². The van der Waals surface area contributed by atoms with Crippen LogP contribution in [0.3, 0.4) is 0 Å². The molecule has 0 spiro atoms. The van der Waals surface area contributed by atoms with E-state index in [0.29, 0.717) is 6.42 Å². The van der Waals surface area contributed by atoms with Crippen LogP contribution in [0.1, 0.15) is 12.8 Å². The maximum Gasteiger partial charge on any atom is 0.132 e. The molecule has 2 aromatic rings. The Balaban J connectivity index is 2.17. The van der Waals surface area contributed by atoms with E-state index in [4.69, 9.17) is 0 Å². The van der Waals surface area contributed by atoms with Gasteiger partial charge in [-0.15, -0.1) is 23.5 Å². The first-order valence-electron chi connectivity index (χ1n) is 6.23. The molecule has 2 rings (SSSR count). The SMILES string of the molecule is CSc1n[nH]c(-c2ccccc2)c1SCCCCF. The van der Waals surface area contributed by atoms with Crippen LogP contribution in [0.2, 0.25) is 0 Å². The van der Waals surface area contributed by atoms with E-state index in [1.54, 1.807) is 23.5 Å². The van der Waals surface area contributed by atoms with Crippen molar-refractivity contribution in [1.82, 2.24) is 10.2 Å². The molecule has 1 aromatic carbocycles. The monoisotopic (exact) mass is 296 g/mol. The van der Waals surface area contributed by atoms with Gasteiger partial charge in [0.25, 0.3) is 0 Å². The number of hydrogen-bond acceptors (Lipinski definition) is 3. The molecule has 0 saturated carbocycles. The Bertz CT molecular complexity index is 499. The molecular weight excluding hydrogens is 279 g/mol. The zero-order valence-corrected chi connectivity index (χ0v) is 12.5. The van der Waals surface area contributed by atoms with Crippen LogP contribution in [-0.4, -0.2) is 28.9 Å². The normalized spacial score (nSPS) is 10.8. The smallest absolute Gasteiger partial charge is 0.132 e. The van der Waals surface area contributed by atoms with E-state index in [0.717, 1.165) is 28.5 Å². The molecule has 0 aliphatic heterocycles. The molecule has 0 unspecified atom stereocenters. The summed E-state index contributed by atoms with van der Waals surface area (Å²) in [5.41, 5.74) is 2.21. The van der Waals surface area contributed by atoms with Crippen LogP contribution in [0.15, 0.2) is 40.3 Å². The van der Waals surface area contributed by atoms with Gasteiger partial charge in [-0.05, 0) is 24.9 Å². The van der Waals surface area contributed by atoms with Crippen molar-refractivity contribution in [2.45, 2.75) is 22.8 Å². The van der Waals surface area contributed by atoms with Crippen LogP contribution in [0.5, 0.6) is 0 Å². The van der Waals surface area contributed by atoms with Gasteiger partial charge in [0.05, 0.1) is 17.3 Å². The van der Waals surface area contributed by atoms with Gasteiger partial charge in [0, 0.05) is 5.56 Å². The topological polar surface area (TPSA) is 28.7 Å². The molecular formula is C14H17FN2S2. The van der Waals surface area contributed by atoms with Gasteiger partial charge >= 0.3 is 0 Å². The lowest BCUT2D eigenvalue weighted by Gasteiger charge is -2.04. The number of nitrogens with one attached hydrogen (secondary N) is 1. The van der Waals surface area contributed by atoms with Crippen LogP contribution in [0, 0.1) is 0 Å². The van der Waals surface area contributed by atoms with Gasteiger partial charge in [0.2, 0.25) is 0 Å². The fourth-order valence-electron chi connectivity index (χ4n) is 1.76. The summed E-state index contributed by atoms with van der Waals surface area (Å²) in [6.07, 6.45) is 3.56. The average Bonchev–Trinajstić information content (AvgIpc) is 2.87. The lowest BCUT2D eigenvalue weighted by atomic mass is 10.2. The van der Waals surface area contributed by atoms with Crippen molar-refractivity contribution in [3.63, 3.8) is 0 Å². The van der Waals surface area contributed by atoms with Crippen LogP contribution in [0.4, 0.5) is 4.39 Å². The van der Waals surface area contributed by atoms with E-state index >= 15 is 0 Å². The Labute approximate surface area is 121 Å². The third-order valence-electron chi connectivity index (χ3n) is 2.72. The lowest BCUT2D eigenvalue weighted by molar-refractivity contribution is 0.470. The van der Waals surface area contributed by atoms with Crippen molar-refractivity contribution >= 4 is 23.5 Å². The van der Waals surface area contributed by atoms with Gasteiger partial charge in [-0.25, -0.2) is 0 Å². The molecule has 0 amide bonds. The van der Waals surface area contributed by atoms with E-state index < -0.39 is 0 Å². The van der Waals surface area contributed by atoms with Gasteiger partial charge < -0.3 is 0 Å². The van der Waals surface area contributed by atoms with Crippen molar-refractivity contribution in [3.05, 3.63) is 30.3 Å². The first-order valence-corrected chi connectivity index (χ1v) is 8.44. The number of benzene rings is 1. The van der Waals surface area contributed by atoms with Gasteiger partial charge in [-0.3, -0.25) is 9.49 Å². The highest BCUT2D eigenvalue weighted by Crippen LogP contribution is 2.36. The molecule has 5 heteroatoms. The number of nitrogens with zero attached hydrogens (tertiary/aromatic N) is 1. The minimum absolute atomic E-state index is 0.229. The number of aromatic nitrogens is 2. The molecule has 1 aromatic heterocycles. The summed E-state index contributed by atoms with van der Waals surface area (Å²) in [6.45, 7) is -0.229. The average molecular weight is 296 g/mol. The van der Waals surface area contributed by atoms with E-state index in [1.807, 2.05) is 24.5 Å². The Kier molecular flexibility index (Phi) is 5.79. The number of rotatable bonds is 7. The predicted molar refractivity (Wildman–Crippen MR) is 81.7 cm³/mol. The Morgan fingerprint density at radius 2 is 2.00 bits per heavy atom. The van der Waals surface area contributed by atoms with Crippen LogP contribution >= 0.6 is 23.5 Å². The molecule has 0 aliphatic rings. The van der Waals surface area contributed by atoms with Crippen molar-refractivity contribution < 1.29 is 4.39 Å². The first-order chi connectivity index (χ1) is 9.36. The summed E-state index contributed by atoms with van der Waals surface area (Å²) in [7, 11) is 0. The van der Waals surface area contributed by atoms with Crippen molar-refractivity contribution in [3.8, 4) is 11.3 Å². The molecule has 0 saturated heterocycles. The highest BCUT2D eigenvalue weighted by molar-refractivity contribution is 8.02. The second-order valence-corrected chi connectivity index (χ2v) is 5.95. The van der Waals surface area contributed by atoms with E-state index in [-0.39, 0.29) is 6.67 Å². The zero-order valence-electron chi connectivity index (χ0n) is 10.9. The third-order valence-corrected chi connectivity index (χ3v) is 4.71. The molecule has 2 nitrogen and oxygen atoms in total. The second-order valence-electron chi connectivity index (χ2n) is 4.05. The minimum atomic E-state index is -0.229. The summed E-state index contributed by atoms with van der Waals surface area (Å²) in [4.78, 5) is 1.18. The van der Waals surface area contributed by atoms with Crippen molar-refractivity contribution in [1.29, 1.82) is 0 Å². The van der Waals surface area contributed by atoms with Crippen LogP contribution in [0.25, 0.3) is 11.3 Å². The van der Waals surface area contributed by atoms with Crippen molar-refractivity contribution in [2.24, 2.45) is 0 Å². The van der Waals surface area contributed by atoms with E-state index in [2.05, 4.69) is 22.3 Å². The van der Waals surface area contributed by atoms with Gasteiger partial charge in [-0.2, -0.15) is 5.10 Å². The van der Waals surface area contributed by atoms with Gasteiger partial charge in [-0.1, -0.05) is 30.3 Å². The standard InChI is InChI=1S/C14H17FN2S2/c1-18-14-13(19-10-6-5-9-15)12(16-17-14)11-7-3-2-4-8-11/h2-4,7-8H,5-6,9-10H2,1H3,(H,16,17). The molecule has 0 atom stereocenters. The summed E-state index contributed by atoms with van der Waals surface area (Å²) in [6, 6.07) is 10.2. The molecule has 1 N–H and O–H groups in total. The maximum absolute atomic E-state index is 12.1. The summed E-state index contributed by atoms with van der Waals surface area (Å²) in [5, 5.41) is 8.49. The molecule has 19 heavy (non-hydrogen) atoms. The highest BCUT2D eigenvalue weighted by atomic mass is 32.2. The number of halogens is 1. The quantitative estimate of drug-likeness (QED) is 0.596. The van der Waals surface area contributed by atoms with Crippen LogP contribution in [-0.2, 0) is 0 Å². The fourth-order valence-corrected chi connectivity index (χ4v) is 3.64. The lowest BCUT2D eigenvalue weighted by Crippen LogP contribution is -1.85. The fraction of sp³-hybridized carbons (Fsp3) is 0.357. The zero-order chi connectivity index (χ0) is 13.5. The molecule has 0 fully saturated rings. The summed E-state index contributed by atoms with van der Waals surface area (Å²) < 4.78 is 12.1. The molecule has 0 aliphatic carbocycles. The predicted octanol–water partition coefficient (Wildman–Crippen LogP) is 4.64. The summed E-state index contributed by atoms with van der Waals surface area (Å²) in [5.74, 6) is 0.927. The van der Waals surface area contributed by atoms with Crippen LogP contribution < -0.4 is 0 Å². The third kappa shape index (κ3) is 3.76. The van der Waals surface area contributed by atoms with E-state index in [1.165, 1.54) is 4.90 Å². The number of hydrogen-bond donors (Lipinski definition) is 1. The number of unbranched alkanes of at least 4 members (excludes halogenated alkanes) is 1. The Morgan fingerprint density at radius 1 is 1.21 bits per heavy atom. The second kappa shape index (κ2) is 7.60. The number of H-pyrrole nitrogens is 1. The molecule has 0 bridgehead atoms. The van der Waals surface area contributed by atoms with Crippen molar-refractivity contribution in [2.75, 3.05) is 18.7 Å². The number of alkyl halides is 1. The largest absolute Gasteiger partial charge is 0.276 e. The number of thioether (sulfide) groups is 2. The maximum atomic E-state index is 12.1. The molecule has 0 radical (unpaired) electrons. The minimum Gasteiger partial charge on any atom is -0.276 e. The van der Waals surface area contributed by atoms with Gasteiger partial charge in [0.1, 0.15) is 5.03 Å². The molecule has 1 heterocycles. The molecule has 102 valence electrons. The number of aromatic amines is 1.